The van der Waals surface area contributed by atoms with Gasteiger partial charge in [-0.1, -0.05) is 194 Å². The maximum absolute atomic E-state index is 7.20. The van der Waals surface area contributed by atoms with Crippen molar-refractivity contribution >= 4 is 111 Å². The molecule has 11 aromatic carbocycles. The molecular formula is C66H41BN2O2. The summed E-state index contributed by atoms with van der Waals surface area (Å²) in [4.78, 5) is 0. The fourth-order valence-corrected chi connectivity index (χ4v) is 11.8. The first kappa shape index (κ1) is 39.7. The molecule has 0 spiro atoms. The highest BCUT2D eigenvalue weighted by Gasteiger charge is 2.40. The van der Waals surface area contributed by atoms with Gasteiger partial charge in [0.15, 0.2) is 0 Å². The van der Waals surface area contributed by atoms with Gasteiger partial charge in [-0.05, 0) is 93.2 Å². The van der Waals surface area contributed by atoms with Gasteiger partial charge in [-0.25, -0.2) is 0 Å². The van der Waals surface area contributed by atoms with E-state index in [9.17, 15) is 0 Å². The summed E-state index contributed by atoms with van der Waals surface area (Å²) < 4.78 is 19.6. The van der Waals surface area contributed by atoms with E-state index in [1.54, 1.807) is 0 Å². The fourth-order valence-electron chi connectivity index (χ4n) is 11.8. The van der Waals surface area contributed by atoms with E-state index in [1.165, 1.54) is 27.5 Å². The zero-order chi connectivity index (χ0) is 46.6. The molecule has 15 rings (SSSR count). The second-order valence-corrected chi connectivity index (χ2v) is 18.7. The first-order chi connectivity index (χ1) is 35.2. The maximum Gasteiger partial charge on any atom is 0.252 e. The lowest BCUT2D eigenvalue weighted by atomic mass is 9.34. The van der Waals surface area contributed by atoms with E-state index in [2.05, 4.69) is 258 Å². The Labute approximate surface area is 408 Å². The summed E-state index contributed by atoms with van der Waals surface area (Å²) in [5.74, 6) is 0. The van der Waals surface area contributed by atoms with Crippen molar-refractivity contribution in [1.29, 1.82) is 0 Å². The van der Waals surface area contributed by atoms with Crippen molar-refractivity contribution in [3.63, 3.8) is 0 Å². The van der Waals surface area contributed by atoms with Gasteiger partial charge >= 0.3 is 0 Å². The van der Waals surface area contributed by atoms with Gasteiger partial charge in [-0.15, -0.1) is 0 Å². The normalized spacial score (nSPS) is 12.2. The second-order valence-electron chi connectivity index (χ2n) is 18.7. The third kappa shape index (κ3) is 6.00. The van der Waals surface area contributed by atoms with Crippen LogP contribution in [0.4, 0.5) is 0 Å². The summed E-state index contributed by atoms with van der Waals surface area (Å²) in [6.07, 6.45) is 0. The Morgan fingerprint density at radius 2 is 0.606 bits per heavy atom. The minimum Gasteiger partial charge on any atom is -0.456 e. The molecule has 0 saturated heterocycles. The van der Waals surface area contributed by atoms with E-state index >= 15 is 0 Å². The second kappa shape index (κ2) is 15.6. The lowest BCUT2D eigenvalue weighted by Crippen LogP contribution is -2.59. The lowest BCUT2D eigenvalue weighted by Gasteiger charge is -2.36. The largest absolute Gasteiger partial charge is 0.456 e. The number of para-hydroxylation sites is 6. The molecule has 4 nitrogen and oxygen atoms in total. The van der Waals surface area contributed by atoms with Crippen LogP contribution in [0, 0.1) is 0 Å². The first-order valence-electron chi connectivity index (χ1n) is 24.4. The third-order valence-corrected chi connectivity index (χ3v) is 14.9. The van der Waals surface area contributed by atoms with E-state index < -0.39 is 0 Å². The highest BCUT2D eigenvalue weighted by molar-refractivity contribution is 7.00. The first-order valence-corrected chi connectivity index (χ1v) is 24.4. The van der Waals surface area contributed by atoms with Crippen molar-refractivity contribution in [2.45, 2.75) is 0 Å². The molecule has 2 aliphatic heterocycles. The van der Waals surface area contributed by atoms with Gasteiger partial charge < -0.3 is 18.0 Å². The standard InChI is InChI=1S/C66H41BN2O2/c1-3-19-42(20-4-1)44-35-37-54-58(39-44)68-56-29-13-7-23-46(56)48-25-9-15-31-60(48)70-62-33-17-11-27-50(62)52-41-53-51-28-12-18-34-63(51)71-61-32-16-10-26-49(61)47-24-8-14-30-57(47)69-59-40-45(43-21-5-2-6-22-43)36-38-55(59)67(54)64(65(52)68)66(53)69/h1-41H. The summed E-state index contributed by atoms with van der Waals surface area (Å²) in [6, 6.07) is 90.1. The molecule has 0 unspecified atom stereocenters. The highest BCUT2D eigenvalue weighted by Crippen LogP contribution is 2.41. The Morgan fingerprint density at radius 3 is 1.01 bits per heavy atom. The molecule has 2 aromatic heterocycles. The van der Waals surface area contributed by atoms with Crippen molar-refractivity contribution < 1.29 is 8.83 Å². The van der Waals surface area contributed by atoms with Crippen molar-refractivity contribution in [3.8, 4) is 33.6 Å². The number of hydrogen-bond acceptors (Lipinski definition) is 2. The van der Waals surface area contributed by atoms with Crippen LogP contribution in [0.5, 0.6) is 0 Å². The van der Waals surface area contributed by atoms with Crippen LogP contribution >= 0.6 is 0 Å². The van der Waals surface area contributed by atoms with Gasteiger partial charge in [0.2, 0.25) is 0 Å². The number of benzene rings is 11. The Kier molecular flexibility index (Phi) is 8.72. The molecule has 2 aliphatic rings. The van der Waals surface area contributed by atoms with Gasteiger partial charge in [-0.3, -0.25) is 0 Å². The molecule has 71 heavy (non-hydrogen) atoms. The van der Waals surface area contributed by atoms with E-state index in [1.807, 2.05) is 0 Å². The molecule has 0 N–H and O–H groups in total. The Balaban J connectivity index is 1.32. The molecule has 0 saturated carbocycles. The van der Waals surface area contributed by atoms with Crippen LogP contribution in [0.25, 0.3) is 121 Å². The number of rotatable bonds is 2. The van der Waals surface area contributed by atoms with Crippen molar-refractivity contribution in [1.82, 2.24) is 9.13 Å². The SMILES string of the molecule is c1ccc(-c2ccc3c(c2)-n2c4ccccc4c4ccccc4oc4ccccc4c4cc5c6ccccc6oc6ccccc6c6ccccc6n6c5c(c42)B3c2ccc(-c3ccccc3)cc2-6)cc1. The zero-order valence-electron chi connectivity index (χ0n) is 38.5. The third-order valence-electron chi connectivity index (χ3n) is 14.9. The summed E-state index contributed by atoms with van der Waals surface area (Å²) >= 11 is 0. The van der Waals surface area contributed by atoms with Crippen LogP contribution in [0.2, 0.25) is 0 Å². The molecule has 0 atom stereocenters. The number of hydrogen-bond donors (Lipinski definition) is 0. The Morgan fingerprint density at radius 1 is 0.268 bits per heavy atom. The van der Waals surface area contributed by atoms with Gasteiger partial charge in [0.1, 0.15) is 22.3 Å². The van der Waals surface area contributed by atoms with E-state index in [0.717, 1.165) is 110 Å². The van der Waals surface area contributed by atoms with E-state index in [-0.39, 0.29) is 6.71 Å². The molecule has 5 heteroatoms. The van der Waals surface area contributed by atoms with Crippen molar-refractivity contribution in [2.24, 2.45) is 0 Å². The average Bonchev–Trinajstić information content (AvgIpc) is 3.44. The molecule has 0 aliphatic carbocycles. The monoisotopic (exact) mass is 904 g/mol. The molecule has 0 fully saturated rings. The topological polar surface area (TPSA) is 36.1 Å². The minimum atomic E-state index is -0.184. The molecule has 13 aromatic rings. The summed E-state index contributed by atoms with van der Waals surface area (Å²) in [6.45, 7) is -0.184. The van der Waals surface area contributed by atoms with Crippen molar-refractivity contribution in [3.05, 3.63) is 249 Å². The number of aromatic nitrogens is 2. The van der Waals surface area contributed by atoms with Gasteiger partial charge in [0, 0.05) is 54.5 Å². The summed E-state index contributed by atoms with van der Waals surface area (Å²) in [7, 11) is 0. The predicted octanol–water partition coefficient (Wildman–Crippen LogP) is 15.5. The quantitative estimate of drug-likeness (QED) is 0.162. The highest BCUT2D eigenvalue weighted by atomic mass is 16.3. The van der Waals surface area contributed by atoms with E-state index in [0.29, 0.717) is 0 Å². The molecule has 4 heterocycles. The number of fused-ring (bicyclic) bond motifs is 18. The van der Waals surface area contributed by atoms with E-state index in [4.69, 9.17) is 8.83 Å². The molecule has 0 bridgehead atoms. The molecular weight excluding hydrogens is 864 g/mol. The minimum absolute atomic E-state index is 0.184. The van der Waals surface area contributed by atoms with Gasteiger partial charge in [0.25, 0.3) is 6.71 Å². The van der Waals surface area contributed by atoms with Gasteiger partial charge in [-0.2, -0.15) is 0 Å². The predicted molar refractivity (Wildman–Crippen MR) is 298 cm³/mol. The molecule has 330 valence electrons. The van der Waals surface area contributed by atoms with Crippen LogP contribution in [0.1, 0.15) is 0 Å². The summed E-state index contributed by atoms with van der Waals surface area (Å²) in [5.41, 5.74) is 18.1. The smallest absolute Gasteiger partial charge is 0.252 e. The zero-order valence-corrected chi connectivity index (χ0v) is 38.5. The van der Waals surface area contributed by atoms with Gasteiger partial charge in [0.05, 0.1) is 22.1 Å². The average molecular weight is 905 g/mol. The Hall–Kier alpha value is -9.32. The van der Waals surface area contributed by atoms with Crippen LogP contribution in [0.15, 0.2) is 258 Å². The van der Waals surface area contributed by atoms with Crippen LogP contribution < -0.4 is 16.4 Å². The number of nitrogens with zero attached hydrogens (tertiary/aromatic N) is 2. The lowest BCUT2D eigenvalue weighted by molar-refractivity contribution is 0.663. The van der Waals surface area contributed by atoms with Crippen LogP contribution in [-0.2, 0) is 0 Å². The Bertz CT molecular complexity index is 4310. The molecule has 0 radical (unpaired) electrons. The molecule has 0 amide bonds. The van der Waals surface area contributed by atoms with Crippen LogP contribution in [0.3, 0.4) is 0 Å². The fraction of sp³-hybridized carbons (Fsp3) is 0. The van der Waals surface area contributed by atoms with Crippen LogP contribution in [-0.4, -0.2) is 15.8 Å². The summed E-state index contributed by atoms with van der Waals surface area (Å²) in [5, 5.41) is 8.34. The maximum atomic E-state index is 7.20. The van der Waals surface area contributed by atoms with Crippen molar-refractivity contribution in [2.75, 3.05) is 0 Å².